The predicted octanol–water partition coefficient (Wildman–Crippen LogP) is 5.04. The molecule has 0 fully saturated rings. The standard InChI is InChI=1S/C23H13ClFNO4/c24-17-5-1-4-16(12-17)22(27)29-19-9-7-14(8-10-19)11-20-23(28)30-21(26-20)15-3-2-6-18(25)13-15/h1-13H. The van der Waals surface area contributed by atoms with Gasteiger partial charge in [0.05, 0.1) is 5.56 Å². The zero-order chi connectivity index (χ0) is 21.1. The van der Waals surface area contributed by atoms with Crippen molar-refractivity contribution >= 4 is 35.5 Å². The topological polar surface area (TPSA) is 65.0 Å². The van der Waals surface area contributed by atoms with Crippen molar-refractivity contribution in [2.45, 2.75) is 0 Å². The van der Waals surface area contributed by atoms with Crippen molar-refractivity contribution < 1.29 is 23.5 Å². The molecule has 4 rings (SSSR count). The molecule has 0 radical (unpaired) electrons. The molecule has 0 amide bonds. The highest BCUT2D eigenvalue weighted by atomic mass is 35.5. The number of aliphatic imine (C=N–C) groups is 1. The summed E-state index contributed by atoms with van der Waals surface area (Å²) in [5.41, 5.74) is 1.43. The SMILES string of the molecule is O=C1OC(c2cccc(F)c2)=NC1=Cc1ccc(OC(=O)c2cccc(Cl)c2)cc1. The lowest BCUT2D eigenvalue weighted by molar-refractivity contribution is -0.129. The summed E-state index contributed by atoms with van der Waals surface area (Å²) in [4.78, 5) is 28.4. The third-order valence-corrected chi connectivity index (χ3v) is 4.38. The van der Waals surface area contributed by atoms with E-state index in [1.165, 1.54) is 30.3 Å². The fourth-order valence-electron chi connectivity index (χ4n) is 2.73. The van der Waals surface area contributed by atoms with E-state index in [1.807, 2.05) is 0 Å². The third-order valence-electron chi connectivity index (χ3n) is 4.15. The van der Waals surface area contributed by atoms with E-state index >= 15 is 0 Å². The highest BCUT2D eigenvalue weighted by molar-refractivity contribution is 6.30. The number of ether oxygens (including phenoxy) is 2. The maximum Gasteiger partial charge on any atom is 0.363 e. The Labute approximate surface area is 176 Å². The number of hydrogen-bond donors (Lipinski definition) is 0. The molecule has 3 aromatic carbocycles. The van der Waals surface area contributed by atoms with Crippen LogP contribution in [0.15, 0.2) is 83.5 Å². The third kappa shape index (κ3) is 4.45. The van der Waals surface area contributed by atoms with Gasteiger partial charge in [-0.05, 0) is 60.2 Å². The van der Waals surface area contributed by atoms with Gasteiger partial charge in [-0.2, -0.15) is 0 Å². The Balaban J connectivity index is 1.49. The molecular formula is C23H13ClFNO4. The molecule has 0 bridgehead atoms. The average Bonchev–Trinajstić information content (AvgIpc) is 3.10. The molecule has 0 N–H and O–H groups in total. The molecular weight excluding hydrogens is 409 g/mol. The number of rotatable bonds is 4. The van der Waals surface area contributed by atoms with Gasteiger partial charge in [-0.3, -0.25) is 0 Å². The van der Waals surface area contributed by atoms with Crippen molar-refractivity contribution in [2.24, 2.45) is 4.99 Å². The van der Waals surface area contributed by atoms with Crippen LogP contribution in [-0.4, -0.2) is 17.8 Å². The number of carbonyl (C=O) groups excluding carboxylic acids is 2. The molecule has 5 nitrogen and oxygen atoms in total. The number of esters is 2. The Morgan fingerprint density at radius 3 is 2.53 bits per heavy atom. The molecule has 0 saturated heterocycles. The minimum Gasteiger partial charge on any atom is -0.423 e. The summed E-state index contributed by atoms with van der Waals surface area (Å²) in [5.74, 6) is -1.25. The second kappa shape index (κ2) is 8.31. The van der Waals surface area contributed by atoms with Crippen LogP contribution in [0.1, 0.15) is 21.5 Å². The second-order valence-electron chi connectivity index (χ2n) is 6.32. The quantitative estimate of drug-likeness (QED) is 0.336. The normalized spacial score (nSPS) is 14.4. The number of nitrogens with zero attached hydrogens (tertiary/aromatic N) is 1. The molecule has 3 aromatic rings. The first kappa shape index (κ1) is 19.5. The number of halogens is 2. The van der Waals surface area contributed by atoms with Gasteiger partial charge in [-0.25, -0.2) is 19.0 Å². The lowest BCUT2D eigenvalue weighted by Gasteiger charge is -2.05. The lowest BCUT2D eigenvalue weighted by Crippen LogP contribution is -2.08. The number of benzene rings is 3. The molecule has 30 heavy (non-hydrogen) atoms. The minimum absolute atomic E-state index is 0.0397. The molecule has 1 aliphatic rings. The molecule has 7 heteroatoms. The van der Waals surface area contributed by atoms with Crippen LogP contribution in [0, 0.1) is 5.82 Å². The molecule has 0 spiro atoms. The first-order valence-electron chi connectivity index (χ1n) is 8.84. The van der Waals surface area contributed by atoms with Crippen LogP contribution >= 0.6 is 11.6 Å². The van der Waals surface area contributed by atoms with Crippen LogP contribution < -0.4 is 4.74 Å². The van der Waals surface area contributed by atoms with Crippen LogP contribution in [0.5, 0.6) is 5.75 Å². The first-order valence-corrected chi connectivity index (χ1v) is 9.22. The molecule has 0 aliphatic carbocycles. The van der Waals surface area contributed by atoms with E-state index in [2.05, 4.69) is 4.99 Å². The number of hydrogen-bond acceptors (Lipinski definition) is 5. The summed E-state index contributed by atoms with van der Waals surface area (Å²) in [6.45, 7) is 0. The Bertz CT molecular complexity index is 1200. The first-order chi connectivity index (χ1) is 14.5. The van der Waals surface area contributed by atoms with Crippen molar-refractivity contribution in [3.05, 3.63) is 106 Å². The minimum atomic E-state index is -0.634. The van der Waals surface area contributed by atoms with Gasteiger partial charge >= 0.3 is 11.9 Å². The summed E-state index contributed by atoms with van der Waals surface area (Å²) in [6, 6.07) is 18.6. The van der Waals surface area contributed by atoms with Gasteiger partial charge in [0.15, 0.2) is 5.70 Å². The Kier molecular flexibility index (Phi) is 5.41. The molecule has 0 unspecified atom stereocenters. The van der Waals surface area contributed by atoms with Gasteiger partial charge in [0, 0.05) is 10.6 Å². The highest BCUT2D eigenvalue weighted by Gasteiger charge is 2.24. The zero-order valence-electron chi connectivity index (χ0n) is 15.3. The van der Waals surface area contributed by atoms with Gasteiger partial charge in [-0.15, -0.1) is 0 Å². The molecule has 148 valence electrons. The summed E-state index contributed by atoms with van der Waals surface area (Å²) in [5, 5.41) is 0.438. The molecule has 0 aromatic heterocycles. The van der Waals surface area contributed by atoms with Crippen LogP contribution in [0.4, 0.5) is 4.39 Å². The van der Waals surface area contributed by atoms with E-state index in [0.29, 0.717) is 27.5 Å². The van der Waals surface area contributed by atoms with Crippen LogP contribution in [0.2, 0.25) is 5.02 Å². The fraction of sp³-hybridized carbons (Fsp3) is 0. The smallest absolute Gasteiger partial charge is 0.363 e. The Hall–Kier alpha value is -3.77. The van der Waals surface area contributed by atoms with Crippen molar-refractivity contribution in [2.75, 3.05) is 0 Å². The van der Waals surface area contributed by atoms with E-state index < -0.39 is 17.8 Å². The van der Waals surface area contributed by atoms with E-state index in [-0.39, 0.29) is 11.6 Å². The van der Waals surface area contributed by atoms with Crippen molar-refractivity contribution in [3.63, 3.8) is 0 Å². The van der Waals surface area contributed by atoms with Crippen molar-refractivity contribution in [1.82, 2.24) is 0 Å². The summed E-state index contributed by atoms with van der Waals surface area (Å²) < 4.78 is 23.8. The van der Waals surface area contributed by atoms with Crippen LogP contribution in [0.25, 0.3) is 6.08 Å². The van der Waals surface area contributed by atoms with E-state index in [4.69, 9.17) is 21.1 Å². The Morgan fingerprint density at radius 2 is 1.80 bits per heavy atom. The maximum absolute atomic E-state index is 13.4. The van der Waals surface area contributed by atoms with E-state index in [9.17, 15) is 14.0 Å². The number of carbonyl (C=O) groups is 2. The largest absolute Gasteiger partial charge is 0.423 e. The van der Waals surface area contributed by atoms with E-state index in [0.717, 1.165) is 0 Å². The maximum atomic E-state index is 13.4. The van der Waals surface area contributed by atoms with Crippen molar-refractivity contribution in [1.29, 1.82) is 0 Å². The summed E-state index contributed by atoms with van der Waals surface area (Å²) >= 11 is 5.88. The predicted molar refractivity (Wildman–Crippen MR) is 110 cm³/mol. The zero-order valence-corrected chi connectivity index (χ0v) is 16.1. The fourth-order valence-corrected chi connectivity index (χ4v) is 2.92. The molecule has 1 aliphatic heterocycles. The van der Waals surface area contributed by atoms with Gasteiger partial charge in [0.1, 0.15) is 11.6 Å². The van der Waals surface area contributed by atoms with Crippen LogP contribution in [-0.2, 0) is 9.53 Å². The van der Waals surface area contributed by atoms with Gasteiger partial charge in [0.25, 0.3) is 0 Å². The van der Waals surface area contributed by atoms with Crippen molar-refractivity contribution in [3.8, 4) is 5.75 Å². The summed E-state index contributed by atoms with van der Waals surface area (Å²) in [7, 11) is 0. The average molecular weight is 422 g/mol. The second-order valence-corrected chi connectivity index (χ2v) is 6.75. The van der Waals surface area contributed by atoms with Gasteiger partial charge in [0.2, 0.25) is 5.90 Å². The monoisotopic (exact) mass is 421 g/mol. The molecule has 0 atom stereocenters. The van der Waals surface area contributed by atoms with Gasteiger partial charge < -0.3 is 9.47 Å². The molecule has 1 heterocycles. The summed E-state index contributed by atoms with van der Waals surface area (Å²) in [6.07, 6.45) is 1.53. The Morgan fingerprint density at radius 1 is 1.03 bits per heavy atom. The lowest BCUT2D eigenvalue weighted by atomic mass is 10.2. The molecule has 0 saturated carbocycles. The number of cyclic esters (lactones) is 1. The van der Waals surface area contributed by atoms with E-state index in [1.54, 1.807) is 48.5 Å². The highest BCUT2D eigenvalue weighted by Crippen LogP contribution is 2.21. The van der Waals surface area contributed by atoms with Gasteiger partial charge in [-0.1, -0.05) is 35.9 Å². The van der Waals surface area contributed by atoms with Crippen LogP contribution in [0.3, 0.4) is 0 Å².